The molecule has 1 unspecified atom stereocenters. The first-order valence-corrected chi connectivity index (χ1v) is 8.61. The maximum absolute atomic E-state index is 12.0. The molecule has 0 saturated heterocycles. The number of hydrogen-bond donors (Lipinski definition) is 0. The second-order valence-corrected chi connectivity index (χ2v) is 6.46. The highest BCUT2D eigenvalue weighted by Crippen LogP contribution is 2.31. The molecule has 1 rings (SSSR count). The normalized spacial score (nSPS) is 17.6. The molecule has 0 aromatic carbocycles. The second kappa shape index (κ2) is 9.01. The van der Waals surface area contributed by atoms with Crippen LogP contribution in [0.15, 0.2) is 12.2 Å². The van der Waals surface area contributed by atoms with E-state index in [-0.39, 0.29) is 17.4 Å². The quantitative estimate of drug-likeness (QED) is 0.412. The molecule has 0 aromatic heterocycles. The number of amides is 2. The van der Waals surface area contributed by atoms with Crippen LogP contribution < -0.4 is 0 Å². The summed E-state index contributed by atoms with van der Waals surface area (Å²) in [4.78, 5) is 25.5. The van der Waals surface area contributed by atoms with Crippen LogP contribution in [0.1, 0.15) is 85.0 Å². The Morgan fingerprint density at radius 2 is 1.24 bits per heavy atom. The Hall–Kier alpha value is -1.12. The van der Waals surface area contributed by atoms with Crippen molar-refractivity contribution >= 4 is 11.8 Å². The topological polar surface area (TPSA) is 37.4 Å². The van der Waals surface area contributed by atoms with E-state index in [1.54, 1.807) is 0 Å². The van der Waals surface area contributed by atoms with Gasteiger partial charge >= 0.3 is 0 Å². The summed E-state index contributed by atoms with van der Waals surface area (Å²) in [6.07, 6.45) is 14.1. The lowest BCUT2D eigenvalue weighted by molar-refractivity contribution is -0.144. The van der Waals surface area contributed by atoms with Crippen LogP contribution in [0.4, 0.5) is 0 Å². The second-order valence-electron chi connectivity index (χ2n) is 6.46. The number of carbonyl (C=O) groups excluding carboxylic acids is 2. The third-order valence-electron chi connectivity index (χ3n) is 4.49. The SMILES string of the molecule is CCCCCCCC(C)(CCCCC)N1C(=O)C=CC1=O. The zero-order chi connectivity index (χ0) is 15.7. The highest BCUT2D eigenvalue weighted by molar-refractivity contribution is 6.13. The van der Waals surface area contributed by atoms with Gasteiger partial charge in [-0.25, -0.2) is 0 Å². The molecule has 0 fully saturated rings. The molecule has 0 saturated carbocycles. The van der Waals surface area contributed by atoms with Crippen molar-refractivity contribution in [2.24, 2.45) is 0 Å². The lowest BCUT2D eigenvalue weighted by Crippen LogP contribution is -2.49. The van der Waals surface area contributed by atoms with Crippen molar-refractivity contribution in [3.05, 3.63) is 12.2 Å². The van der Waals surface area contributed by atoms with Crippen LogP contribution in [0.25, 0.3) is 0 Å². The summed E-state index contributed by atoms with van der Waals surface area (Å²) in [7, 11) is 0. The van der Waals surface area contributed by atoms with Crippen molar-refractivity contribution in [3.63, 3.8) is 0 Å². The number of nitrogens with zero attached hydrogens (tertiary/aromatic N) is 1. The molecule has 3 nitrogen and oxygen atoms in total. The number of rotatable bonds is 11. The number of hydrogen-bond acceptors (Lipinski definition) is 2. The maximum Gasteiger partial charge on any atom is 0.254 e. The van der Waals surface area contributed by atoms with Crippen molar-refractivity contribution in [1.29, 1.82) is 0 Å². The Morgan fingerprint density at radius 3 is 1.76 bits per heavy atom. The monoisotopic (exact) mass is 293 g/mol. The molecular weight excluding hydrogens is 262 g/mol. The summed E-state index contributed by atoms with van der Waals surface area (Å²) in [5, 5.41) is 0. The highest BCUT2D eigenvalue weighted by atomic mass is 16.2. The van der Waals surface area contributed by atoms with Crippen LogP contribution in [-0.4, -0.2) is 22.3 Å². The minimum Gasteiger partial charge on any atom is -0.269 e. The van der Waals surface area contributed by atoms with E-state index in [2.05, 4.69) is 20.8 Å². The van der Waals surface area contributed by atoms with Crippen molar-refractivity contribution in [2.45, 2.75) is 90.5 Å². The first kappa shape index (κ1) is 17.9. The van der Waals surface area contributed by atoms with Crippen molar-refractivity contribution in [1.82, 2.24) is 4.90 Å². The van der Waals surface area contributed by atoms with E-state index in [1.807, 2.05) is 0 Å². The lowest BCUT2D eigenvalue weighted by atomic mass is 9.86. The fourth-order valence-corrected chi connectivity index (χ4v) is 3.15. The third-order valence-corrected chi connectivity index (χ3v) is 4.49. The van der Waals surface area contributed by atoms with Crippen LogP contribution in [0.5, 0.6) is 0 Å². The van der Waals surface area contributed by atoms with Crippen LogP contribution >= 0.6 is 0 Å². The van der Waals surface area contributed by atoms with E-state index in [0.29, 0.717) is 0 Å². The van der Waals surface area contributed by atoms with Gasteiger partial charge in [0.1, 0.15) is 0 Å². The Labute approximate surface area is 129 Å². The Kier molecular flexibility index (Phi) is 7.69. The maximum atomic E-state index is 12.0. The van der Waals surface area contributed by atoms with Crippen molar-refractivity contribution in [2.75, 3.05) is 0 Å². The molecule has 1 heterocycles. The first-order chi connectivity index (χ1) is 10.0. The third kappa shape index (κ3) is 5.29. The van der Waals surface area contributed by atoms with Crippen LogP contribution in [-0.2, 0) is 9.59 Å². The minimum atomic E-state index is -0.306. The van der Waals surface area contributed by atoms with Gasteiger partial charge in [-0.1, -0.05) is 65.2 Å². The van der Waals surface area contributed by atoms with E-state index in [0.717, 1.165) is 38.5 Å². The fourth-order valence-electron chi connectivity index (χ4n) is 3.15. The number of carbonyl (C=O) groups is 2. The van der Waals surface area contributed by atoms with Crippen LogP contribution in [0, 0.1) is 0 Å². The Bertz CT molecular complexity index is 357. The summed E-state index contributed by atoms with van der Waals surface area (Å²) >= 11 is 0. The fraction of sp³-hybridized carbons (Fsp3) is 0.778. The van der Waals surface area contributed by atoms with E-state index >= 15 is 0 Å². The van der Waals surface area contributed by atoms with Gasteiger partial charge in [-0.3, -0.25) is 14.5 Å². The molecular formula is C18H31NO2. The molecule has 21 heavy (non-hydrogen) atoms. The molecule has 1 aliphatic rings. The standard InChI is InChI=1S/C18H31NO2/c1-4-6-8-9-11-15-18(3,14-10-7-5-2)19-16(20)12-13-17(19)21/h12-13H,4-11,14-15H2,1-3H3. The van der Waals surface area contributed by atoms with Gasteiger partial charge in [-0.15, -0.1) is 0 Å². The smallest absolute Gasteiger partial charge is 0.254 e. The van der Waals surface area contributed by atoms with Gasteiger partial charge in [0.15, 0.2) is 0 Å². The predicted octanol–water partition coefficient (Wildman–Crippen LogP) is 4.61. The lowest BCUT2D eigenvalue weighted by Gasteiger charge is -2.38. The zero-order valence-corrected chi connectivity index (χ0v) is 14.0. The predicted molar refractivity (Wildman–Crippen MR) is 86.9 cm³/mol. The summed E-state index contributed by atoms with van der Waals surface area (Å²) in [6.45, 7) is 6.48. The Balaban J connectivity index is 2.61. The first-order valence-electron chi connectivity index (χ1n) is 8.61. The van der Waals surface area contributed by atoms with E-state index in [1.165, 1.54) is 42.7 Å². The summed E-state index contributed by atoms with van der Waals surface area (Å²) in [5.74, 6) is -0.264. The van der Waals surface area contributed by atoms with Crippen LogP contribution in [0.3, 0.4) is 0 Å². The van der Waals surface area contributed by atoms with Crippen molar-refractivity contribution in [3.8, 4) is 0 Å². The van der Waals surface area contributed by atoms with Crippen molar-refractivity contribution < 1.29 is 9.59 Å². The summed E-state index contributed by atoms with van der Waals surface area (Å²) in [5.41, 5.74) is -0.306. The summed E-state index contributed by atoms with van der Waals surface area (Å²) in [6, 6.07) is 0. The van der Waals surface area contributed by atoms with Gasteiger partial charge in [-0.05, 0) is 19.8 Å². The van der Waals surface area contributed by atoms with Gasteiger partial charge in [-0.2, -0.15) is 0 Å². The molecule has 0 radical (unpaired) electrons. The van der Waals surface area contributed by atoms with E-state index in [4.69, 9.17) is 0 Å². The van der Waals surface area contributed by atoms with Gasteiger partial charge in [0.25, 0.3) is 11.8 Å². The minimum absolute atomic E-state index is 0.132. The van der Waals surface area contributed by atoms with E-state index < -0.39 is 0 Å². The zero-order valence-electron chi connectivity index (χ0n) is 14.0. The molecule has 0 aromatic rings. The van der Waals surface area contributed by atoms with Gasteiger partial charge < -0.3 is 0 Å². The molecule has 3 heteroatoms. The molecule has 120 valence electrons. The molecule has 2 amide bonds. The number of unbranched alkanes of at least 4 members (excludes halogenated alkanes) is 6. The Morgan fingerprint density at radius 1 is 0.810 bits per heavy atom. The molecule has 0 bridgehead atoms. The summed E-state index contributed by atoms with van der Waals surface area (Å²) < 4.78 is 0. The van der Waals surface area contributed by atoms with Gasteiger partial charge in [0.2, 0.25) is 0 Å². The number of imide groups is 1. The van der Waals surface area contributed by atoms with Gasteiger partial charge in [0, 0.05) is 17.7 Å². The average Bonchev–Trinajstić information content (AvgIpc) is 2.79. The van der Waals surface area contributed by atoms with Crippen LogP contribution in [0.2, 0.25) is 0 Å². The van der Waals surface area contributed by atoms with E-state index in [9.17, 15) is 9.59 Å². The molecule has 1 aliphatic heterocycles. The average molecular weight is 293 g/mol. The molecule has 1 atom stereocenters. The highest BCUT2D eigenvalue weighted by Gasteiger charge is 2.39. The molecule has 0 spiro atoms. The molecule has 0 N–H and O–H groups in total. The molecule has 0 aliphatic carbocycles. The largest absolute Gasteiger partial charge is 0.269 e. The van der Waals surface area contributed by atoms with Gasteiger partial charge in [0.05, 0.1) is 0 Å².